The highest BCUT2D eigenvalue weighted by molar-refractivity contribution is 6.31. The molecule has 2 rings (SSSR count). The number of rotatable bonds is 2. The van der Waals surface area contributed by atoms with Crippen molar-refractivity contribution in [1.82, 2.24) is 0 Å². The van der Waals surface area contributed by atoms with E-state index in [2.05, 4.69) is 0 Å². The molecular weight excluding hydrogens is 271 g/mol. The summed E-state index contributed by atoms with van der Waals surface area (Å²) in [5, 5.41) is 0.664. The quantitative estimate of drug-likeness (QED) is 0.909. The van der Waals surface area contributed by atoms with E-state index in [0.717, 1.165) is 18.7 Å². The molecule has 0 fully saturated rings. The lowest BCUT2D eigenvalue weighted by atomic mass is 10.0. The molecule has 0 spiro atoms. The van der Waals surface area contributed by atoms with Crippen molar-refractivity contribution in [2.75, 3.05) is 11.4 Å². The van der Waals surface area contributed by atoms with Crippen LogP contribution in [0.5, 0.6) is 0 Å². The van der Waals surface area contributed by atoms with Crippen molar-refractivity contribution in [2.24, 2.45) is 11.7 Å². The maximum Gasteiger partial charge on any atom is 0.231 e. The van der Waals surface area contributed by atoms with Crippen LogP contribution < -0.4 is 10.6 Å². The summed E-state index contributed by atoms with van der Waals surface area (Å²) in [5.74, 6) is -0.0825. The first kappa shape index (κ1) is 15.3. The molecule has 0 bridgehead atoms. The van der Waals surface area contributed by atoms with Gasteiger partial charge in [-0.05, 0) is 31.0 Å². The Balaban J connectivity index is 0.00000162. The predicted molar refractivity (Wildman–Crippen MR) is 77.6 cm³/mol. The van der Waals surface area contributed by atoms with Crippen molar-refractivity contribution >= 4 is 35.6 Å². The largest absolute Gasteiger partial charge is 0.327 e. The third-order valence-electron chi connectivity index (χ3n) is 3.39. The van der Waals surface area contributed by atoms with E-state index in [-0.39, 0.29) is 30.3 Å². The zero-order chi connectivity index (χ0) is 12.6. The Labute approximate surface area is 119 Å². The van der Waals surface area contributed by atoms with Crippen LogP contribution in [0.15, 0.2) is 18.2 Å². The number of amides is 1. The molecule has 2 atom stereocenters. The third kappa shape index (κ3) is 2.79. The zero-order valence-electron chi connectivity index (χ0n) is 10.5. The summed E-state index contributed by atoms with van der Waals surface area (Å²) in [7, 11) is 0. The Kier molecular flexibility index (Phi) is 5.02. The van der Waals surface area contributed by atoms with Crippen LogP contribution in [0.4, 0.5) is 5.69 Å². The van der Waals surface area contributed by atoms with Gasteiger partial charge in [-0.1, -0.05) is 24.6 Å². The third-order valence-corrected chi connectivity index (χ3v) is 3.62. The van der Waals surface area contributed by atoms with Gasteiger partial charge in [-0.2, -0.15) is 0 Å². The molecule has 2 N–H and O–H groups in total. The van der Waals surface area contributed by atoms with Gasteiger partial charge in [0.15, 0.2) is 0 Å². The normalized spacial score (nSPS) is 16.8. The Morgan fingerprint density at radius 2 is 2.11 bits per heavy atom. The van der Waals surface area contributed by atoms with Crippen LogP contribution in [0.25, 0.3) is 0 Å². The van der Waals surface area contributed by atoms with Gasteiger partial charge in [0.1, 0.15) is 0 Å². The van der Waals surface area contributed by atoms with Gasteiger partial charge in [0.25, 0.3) is 0 Å². The average Bonchev–Trinajstić information content (AvgIpc) is 2.69. The second-order valence-electron chi connectivity index (χ2n) is 4.66. The number of benzene rings is 1. The lowest BCUT2D eigenvalue weighted by Gasteiger charge is -2.23. The number of nitrogens with two attached hydrogens (primary N) is 1. The molecule has 2 unspecified atom stereocenters. The molecule has 1 aromatic rings. The second-order valence-corrected chi connectivity index (χ2v) is 5.10. The summed E-state index contributed by atoms with van der Waals surface area (Å²) in [6.07, 6.45) is 0.893. The molecule has 3 nitrogen and oxygen atoms in total. The standard InChI is InChI=1S/C13H17ClN2O.ClH/c1-8(9(2)15)13(17)16-6-5-10-3-4-11(14)7-12(10)16;/h3-4,7-9H,5-6,15H2,1-2H3;1H. The summed E-state index contributed by atoms with van der Waals surface area (Å²) in [6, 6.07) is 5.58. The van der Waals surface area contributed by atoms with E-state index in [9.17, 15) is 4.79 Å². The van der Waals surface area contributed by atoms with Crippen molar-refractivity contribution in [3.8, 4) is 0 Å². The summed E-state index contributed by atoms with van der Waals surface area (Å²) < 4.78 is 0. The molecule has 18 heavy (non-hydrogen) atoms. The van der Waals surface area contributed by atoms with E-state index in [1.54, 1.807) is 4.90 Å². The average molecular weight is 289 g/mol. The number of nitrogens with zero attached hydrogens (tertiary/aromatic N) is 1. The topological polar surface area (TPSA) is 46.3 Å². The number of fused-ring (bicyclic) bond motifs is 1. The van der Waals surface area contributed by atoms with Crippen molar-refractivity contribution in [2.45, 2.75) is 26.3 Å². The molecule has 100 valence electrons. The van der Waals surface area contributed by atoms with Crippen molar-refractivity contribution in [3.05, 3.63) is 28.8 Å². The van der Waals surface area contributed by atoms with Gasteiger partial charge in [-0.3, -0.25) is 4.79 Å². The Morgan fingerprint density at radius 3 is 2.72 bits per heavy atom. The van der Waals surface area contributed by atoms with Crippen LogP contribution in [0, 0.1) is 5.92 Å². The van der Waals surface area contributed by atoms with Gasteiger partial charge in [0.05, 0.1) is 5.92 Å². The minimum atomic E-state index is -0.167. The highest BCUT2D eigenvalue weighted by atomic mass is 35.5. The molecule has 1 aliphatic rings. The first-order valence-electron chi connectivity index (χ1n) is 5.86. The van der Waals surface area contributed by atoms with Gasteiger partial charge in [-0.15, -0.1) is 12.4 Å². The Bertz CT molecular complexity index is 449. The first-order valence-corrected chi connectivity index (χ1v) is 6.24. The van der Waals surface area contributed by atoms with Crippen molar-refractivity contribution < 1.29 is 4.79 Å². The molecule has 0 saturated carbocycles. The van der Waals surface area contributed by atoms with Crippen LogP contribution in [-0.4, -0.2) is 18.5 Å². The fourth-order valence-electron chi connectivity index (χ4n) is 2.05. The summed E-state index contributed by atoms with van der Waals surface area (Å²) in [6.45, 7) is 4.46. The number of halogens is 2. The number of carbonyl (C=O) groups excluding carboxylic acids is 1. The van der Waals surface area contributed by atoms with Gasteiger partial charge in [-0.25, -0.2) is 0 Å². The predicted octanol–water partition coefficient (Wildman–Crippen LogP) is 2.63. The zero-order valence-corrected chi connectivity index (χ0v) is 12.1. The second kappa shape index (κ2) is 5.91. The minimum Gasteiger partial charge on any atom is -0.327 e. The van der Waals surface area contributed by atoms with E-state index >= 15 is 0 Å². The fraction of sp³-hybridized carbons (Fsp3) is 0.462. The van der Waals surface area contributed by atoms with Crippen LogP contribution >= 0.6 is 24.0 Å². The maximum absolute atomic E-state index is 12.3. The fourth-order valence-corrected chi connectivity index (χ4v) is 2.22. The van der Waals surface area contributed by atoms with Crippen LogP contribution in [0.3, 0.4) is 0 Å². The number of hydrogen-bond donors (Lipinski definition) is 1. The maximum atomic E-state index is 12.3. The summed E-state index contributed by atoms with van der Waals surface area (Å²) in [5.41, 5.74) is 7.90. The van der Waals surface area contributed by atoms with E-state index in [4.69, 9.17) is 17.3 Å². The van der Waals surface area contributed by atoms with Crippen molar-refractivity contribution in [1.29, 1.82) is 0 Å². The molecule has 1 aliphatic heterocycles. The van der Waals surface area contributed by atoms with Gasteiger partial charge < -0.3 is 10.6 Å². The van der Waals surface area contributed by atoms with Gasteiger partial charge in [0.2, 0.25) is 5.91 Å². The lowest BCUT2D eigenvalue weighted by Crippen LogP contribution is -2.41. The molecular formula is C13H18Cl2N2O. The van der Waals surface area contributed by atoms with Crippen LogP contribution in [0.2, 0.25) is 5.02 Å². The molecule has 1 amide bonds. The molecule has 0 saturated heterocycles. The van der Waals surface area contributed by atoms with Crippen LogP contribution in [-0.2, 0) is 11.2 Å². The SMILES string of the molecule is CC(N)C(C)C(=O)N1CCc2ccc(Cl)cc21.Cl. The summed E-state index contributed by atoms with van der Waals surface area (Å²) in [4.78, 5) is 14.1. The molecule has 0 aliphatic carbocycles. The highest BCUT2D eigenvalue weighted by Crippen LogP contribution is 2.31. The van der Waals surface area contributed by atoms with Crippen LogP contribution in [0.1, 0.15) is 19.4 Å². The minimum absolute atomic E-state index is 0. The van der Waals surface area contributed by atoms with E-state index in [1.165, 1.54) is 5.56 Å². The molecule has 1 heterocycles. The molecule has 5 heteroatoms. The summed E-state index contributed by atoms with van der Waals surface area (Å²) >= 11 is 5.97. The number of hydrogen-bond acceptors (Lipinski definition) is 2. The van der Waals surface area contributed by atoms with E-state index in [0.29, 0.717) is 5.02 Å². The van der Waals surface area contributed by atoms with E-state index in [1.807, 2.05) is 32.0 Å². The first-order chi connectivity index (χ1) is 8.00. The number of anilines is 1. The molecule has 0 radical (unpaired) electrons. The monoisotopic (exact) mass is 288 g/mol. The van der Waals surface area contributed by atoms with Gasteiger partial charge >= 0.3 is 0 Å². The Hall–Kier alpha value is -0.770. The van der Waals surface area contributed by atoms with E-state index < -0.39 is 0 Å². The molecule has 0 aromatic heterocycles. The Morgan fingerprint density at radius 1 is 1.44 bits per heavy atom. The number of carbonyl (C=O) groups is 1. The highest BCUT2D eigenvalue weighted by Gasteiger charge is 2.29. The lowest BCUT2D eigenvalue weighted by molar-refractivity contribution is -0.122. The molecule has 1 aromatic carbocycles. The van der Waals surface area contributed by atoms with Gasteiger partial charge in [0, 0.05) is 23.3 Å². The van der Waals surface area contributed by atoms with Crippen molar-refractivity contribution in [3.63, 3.8) is 0 Å². The smallest absolute Gasteiger partial charge is 0.231 e.